The first-order valence-electron chi connectivity index (χ1n) is 13.1. The van der Waals surface area contributed by atoms with Crippen molar-refractivity contribution in [2.24, 2.45) is 10.8 Å². The number of hydrogen-bond donors (Lipinski definition) is 0. The Morgan fingerprint density at radius 1 is 0.857 bits per heavy atom. The molecule has 0 saturated carbocycles. The van der Waals surface area contributed by atoms with Gasteiger partial charge >= 0.3 is 0 Å². The first kappa shape index (κ1) is 25.5. The average Bonchev–Trinajstić information content (AvgIpc) is 2.76. The average molecular weight is 481 g/mol. The van der Waals surface area contributed by atoms with E-state index < -0.39 is 5.92 Å². The zero-order chi connectivity index (χ0) is 25.4. The van der Waals surface area contributed by atoms with E-state index in [1.165, 1.54) is 12.8 Å². The standard InChI is InChI=1S/C30H40O5/c1-7-8-9-10-13-34-22-12-11-19(14-23(22)33-6)26-27-20(31)15-29(2,3)17-24(27)35-25-18-30(4,5)16-21(32)28(25)26/h11-12,14,26H,7-10,13,15-18H2,1-6H3. The van der Waals surface area contributed by atoms with Gasteiger partial charge < -0.3 is 14.2 Å². The Labute approximate surface area is 209 Å². The highest BCUT2D eigenvalue weighted by molar-refractivity contribution is 6.06. The summed E-state index contributed by atoms with van der Waals surface area (Å²) < 4.78 is 18.1. The largest absolute Gasteiger partial charge is 0.493 e. The lowest BCUT2D eigenvalue weighted by atomic mass is 9.65. The Bertz CT molecular complexity index is 1020. The molecule has 0 saturated heterocycles. The first-order chi connectivity index (χ1) is 16.5. The van der Waals surface area contributed by atoms with E-state index >= 15 is 0 Å². The number of hydrogen-bond acceptors (Lipinski definition) is 5. The second kappa shape index (κ2) is 9.83. The van der Waals surface area contributed by atoms with Crippen LogP contribution in [-0.4, -0.2) is 25.3 Å². The Kier molecular flexibility index (Phi) is 7.17. The molecule has 1 heterocycles. The van der Waals surface area contributed by atoms with Crippen molar-refractivity contribution in [3.8, 4) is 11.5 Å². The molecule has 0 amide bonds. The van der Waals surface area contributed by atoms with Crippen LogP contribution in [-0.2, 0) is 14.3 Å². The second-order valence-electron chi connectivity index (χ2n) is 11.9. The minimum absolute atomic E-state index is 0.0700. The van der Waals surface area contributed by atoms with Gasteiger partial charge in [0.2, 0.25) is 0 Å². The van der Waals surface area contributed by atoms with E-state index in [0.29, 0.717) is 54.9 Å². The maximum atomic E-state index is 13.5. The lowest BCUT2D eigenvalue weighted by Crippen LogP contribution is -2.37. The normalized spacial score (nSPS) is 21.4. The van der Waals surface area contributed by atoms with Crippen molar-refractivity contribution in [2.75, 3.05) is 13.7 Å². The summed E-state index contributed by atoms with van der Waals surface area (Å²) >= 11 is 0. The molecule has 5 heteroatoms. The van der Waals surface area contributed by atoms with E-state index in [1.807, 2.05) is 18.2 Å². The van der Waals surface area contributed by atoms with Crippen LogP contribution in [0.2, 0.25) is 0 Å². The van der Waals surface area contributed by atoms with Crippen molar-refractivity contribution in [1.82, 2.24) is 0 Å². The van der Waals surface area contributed by atoms with Gasteiger partial charge in [-0.05, 0) is 34.9 Å². The van der Waals surface area contributed by atoms with Crippen LogP contribution in [0.1, 0.15) is 97.5 Å². The minimum Gasteiger partial charge on any atom is -0.493 e. The molecule has 4 rings (SSSR count). The molecule has 1 aromatic carbocycles. The molecule has 0 atom stereocenters. The number of allylic oxidation sites excluding steroid dienone is 4. The summed E-state index contributed by atoms with van der Waals surface area (Å²) in [5.74, 6) is 2.50. The summed E-state index contributed by atoms with van der Waals surface area (Å²) in [5.41, 5.74) is 1.84. The summed E-state index contributed by atoms with van der Waals surface area (Å²) in [7, 11) is 1.63. The fraction of sp³-hybridized carbons (Fsp3) is 0.600. The van der Waals surface area contributed by atoms with Crippen LogP contribution in [0, 0.1) is 10.8 Å². The Morgan fingerprint density at radius 2 is 1.46 bits per heavy atom. The first-order valence-corrected chi connectivity index (χ1v) is 13.1. The number of carbonyl (C=O) groups is 2. The van der Waals surface area contributed by atoms with E-state index in [2.05, 4.69) is 34.6 Å². The van der Waals surface area contributed by atoms with Gasteiger partial charge in [-0.25, -0.2) is 0 Å². The van der Waals surface area contributed by atoms with Crippen LogP contribution in [0.5, 0.6) is 11.5 Å². The molecule has 1 aliphatic heterocycles. The zero-order valence-electron chi connectivity index (χ0n) is 22.2. The lowest BCUT2D eigenvalue weighted by Gasteiger charge is -2.42. The molecule has 0 bridgehead atoms. The van der Waals surface area contributed by atoms with Gasteiger partial charge in [0, 0.05) is 42.7 Å². The van der Waals surface area contributed by atoms with Crippen molar-refractivity contribution in [3.05, 3.63) is 46.4 Å². The molecule has 0 unspecified atom stereocenters. The van der Waals surface area contributed by atoms with Crippen molar-refractivity contribution in [1.29, 1.82) is 0 Å². The fourth-order valence-electron chi connectivity index (χ4n) is 5.70. The molecule has 190 valence electrons. The van der Waals surface area contributed by atoms with Crippen molar-refractivity contribution >= 4 is 11.6 Å². The van der Waals surface area contributed by atoms with Crippen molar-refractivity contribution < 1.29 is 23.8 Å². The number of unbranched alkanes of at least 4 members (excludes halogenated alkanes) is 3. The second-order valence-corrected chi connectivity index (χ2v) is 11.9. The SMILES string of the molecule is CCCCCCOc1ccc(C2C3=C(CC(C)(C)CC3=O)OC3=C2C(=O)CC(C)(C)C3)cc1OC. The highest BCUT2D eigenvalue weighted by atomic mass is 16.5. The van der Waals surface area contributed by atoms with Gasteiger partial charge in [0.05, 0.1) is 13.7 Å². The van der Waals surface area contributed by atoms with Gasteiger partial charge in [-0.3, -0.25) is 9.59 Å². The Hall–Kier alpha value is -2.56. The third kappa shape index (κ3) is 5.34. The number of ketones is 2. The molecule has 0 spiro atoms. The van der Waals surface area contributed by atoms with Crippen LogP contribution in [0.4, 0.5) is 0 Å². The summed E-state index contributed by atoms with van der Waals surface area (Å²) in [6.07, 6.45) is 6.80. The van der Waals surface area contributed by atoms with Crippen molar-refractivity contribution in [3.63, 3.8) is 0 Å². The zero-order valence-corrected chi connectivity index (χ0v) is 22.2. The molecular weight excluding hydrogens is 440 g/mol. The lowest BCUT2D eigenvalue weighted by molar-refractivity contribution is -0.120. The van der Waals surface area contributed by atoms with Crippen LogP contribution in [0.15, 0.2) is 40.9 Å². The quantitative estimate of drug-likeness (QED) is 0.373. The molecule has 0 aromatic heterocycles. The number of benzene rings is 1. The molecule has 2 aliphatic carbocycles. The third-order valence-corrected chi connectivity index (χ3v) is 7.36. The monoisotopic (exact) mass is 480 g/mol. The van der Waals surface area contributed by atoms with Crippen LogP contribution < -0.4 is 9.47 Å². The fourth-order valence-corrected chi connectivity index (χ4v) is 5.70. The van der Waals surface area contributed by atoms with Gasteiger partial charge in [-0.15, -0.1) is 0 Å². The summed E-state index contributed by atoms with van der Waals surface area (Å²) in [6.45, 7) is 11.2. The maximum absolute atomic E-state index is 13.5. The van der Waals surface area contributed by atoms with E-state index in [0.717, 1.165) is 29.9 Å². The summed E-state index contributed by atoms with van der Waals surface area (Å²) in [4.78, 5) is 26.9. The van der Waals surface area contributed by atoms with E-state index in [-0.39, 0.29) is 22.4 Å². The van der Waals surface area contributed by atoms with E-state index in [1.54, 1.807) is 7.11 Å². The Morgan fingerprint density at radius 3 is 2.00 bits per heavy atom. The summed E-state index contributed by atoms with van der Waals surface area (Å²) in [6, 6.07) is 5.83. The number of methoxy groups -OCH3 is 1. The molecule has 1 aromatic rings. The number of rotatable bonds is 8. The number of carbonyl (C=O) groups excluding carboxylic acids is 2. The van der Waals surface area contributed by atoms with Gasteiger partial charge in [-0.2, -0.15) is 0 Å². The minimum atomic E-state index is -0.423. The molecule has 35 heavy (non-hydrogen) atoms. The van der Waals surface area contributed by atoms with Crippen LogP contribution in [0.25, 0.3) is 0 Å². The van der Waals surface area contributed by atoms with Gasteiger partial charge in [0.15, 0.2) is 23.1 Å². The maximum Gasteiger partial charge on any atom is 0.163 e. The highest BCUT2D eigenvalue weighted by Gasteiger charge is 2.47. The van der Waals surface area contributed by atoms with Crippen LogP contribution in [0.3, 0.4) is 0 Å². The third-order valence-electron chi connectivity index (χ3n) is 7.36. The Balaban J connectivity index is 1.74. The van der Waals surface area contributed by atoms with E-state index in [9.17, 15) is 9.59 Å². The number of ether oxygens (including phenoxy) is 3. The molecule has 0 N–H and O–H groups in total. The molecule has 0 radical (unpaired) electrons. The van der Waals surface area contributed by atoms with Gasteiger partial charge in [0.25, 0.3) is 0 Å². The van der Waals surface area contributed by atoms with Crippen molar-refractivity contribution in [2.45, 2.75) is 91.9 Å². The van der Waals surface area contributed by atoms with Gasteiger partial charge in [0.1, 0.15) is 11.5 Å². The predicted octanol–water partition coefficient (Wildman–Crippen LogP) is 7.05. The molecule has 3 aliphatic rings. The molecular formula is C30H40O5. The van der Waals surface area contributed by atoms with Crippen LogP contribution >= 0.6 is 0 Å². The van der Waals surface area contributed by atoms with E-state index in [4.69, 9.17) is 14.2 Å². The topological polar surface area (TPSA) is 61.8 Å². The smallest absolute Gasteiger partial charge is 0.163 e. The summed E-state index contributed by atoms with van der Waals surface area (Å²) in [5, 5.41) is 0. The van der Waals surface area contributed by atoms with Gasteiger partial charge in [-0.1, -0.05) is 59.9 Å². The molecule has 0 fully saturated rings. The number of Topliss-reactive ketones (excluding diaryl/α,β-unsaturated/α-hetero) is 2. The molecule has 5 nitrogen and oxygen atoms in total. The predicted molar refractivity (Wildman–Crippen MR) is 137 cm³/mol. The highest BCUT2D eigenvalue weighted by Crippen LogP contribution is 2.53.